The molecule has 5 nitrogen and oxygen atoms in total. The number of benzene rings is 1. The van der Waals surface area contributed by atoms with Crippen LogP contribution in [0.3, 0.4) is 0 Å². The van der Waals surface area contributed by atoms with Gasteiger partial charge in [0.25, 0.3) is 5.91 Å². The minimum atomic E-state index is -0.416. The summed E-state index contributed by atoms with van der Waals surface area (Å²) >= 11 is 0. The fourth-order valence-electron chi connectivity index (χ4n) is 3.76. The molecule has 1 amide bonds. The highest BCUT2D eigenvalue weighted by Gasteiger charge is 2.29. The normalized spacial score (nSPS) is 16.0. The Morgan fingerprint density at radius 1 is 1.20 bits per heavy atom. The topological polar surface area (TPSA) is 51.5 Å². The smallest absolute Gasteiger partial charge is 0.340 e. The van der Waals surface area contributed by atoms with Crippen molar-refractivity contribution in [3.05, 3.63) is 52.8 Å². The van der Waals surface area contributed by atoms with E-state index in [0.29, 0.717) is 18.2 Å². The summed E-state index contributed by atoms with van der Waals surface area (Å²) in [5.41, 5.74) is 4.67. The Morgan fingerprint density at radius 2 is 1.96 bits per heavy atom. The molecule has 0 bridgehead atoms. The van der Waals surface area contributed by atoms with Crippen molar-refractivity contribution < 1.29 is 14.3 Å². The van der Waals surface area contributed by atoms with Crippen LogP contribution in [0.15, 0.2) is 30.3 Å². The van der Waals surface area contributed by atoms with E-state index in [2.05, 4.69) is 4.57 Å². The lowest BCUT2D eigenvalue weighted by Crippen LogP contribution is -2.33. The van der Waals surface area contributed by atoms with E-state index < -0.39 is 5.97 Å². The van der Waals surface area contributed by atoms with Crippen LogP contribution in [0.25, 0.3) is 0 Å². The summed E-state index contributed by atoms with van der Waals surface area (Å²) in [5, 5.41) is 0. The van der Waals surface area contributed by atoms with Crippen molar-refractivity contribution in [1.29, 1.82) is 0 Å². The molecule has 0 radical (unpaired) electrons. The SMILES string of the molecule is Cc1cc(C(=O)OCC(=O)N2CCc3ccccc32)c(C)n1C1CC1. The molecule has 0 atom stereocenters. The van der Waals surface area contributed by atoms with Crippen LogP contribution in [0, 0.1) is 13.8 Å². The fraction of sp³-hybridized carbons (Fsp3) is 0.400. The molecule has 25 heavy (non-hydrogen) atoms. The zero-order valence-corrected chi connectivity index (χ0v) is 14.6. The third-order valence-electron chi connectivity index (χ3n) is 5.13. The van der Waals surface area contributed by atoms with Gasteiger partial charge in [-0.3, -0.25) is 4.79 Å². The van der Waals surface area contributed by atoms with Gasteiger partial charge in [0.1, 0.15) is 0 Å². The molecule has 1 fully saturated rings. The van der Waals surface area contributed by atoms with Gasteiger partial charge in [-0.15, -0.1) is 0 Å². The number of ether oxygens (including phenoxy) is 1. The van der Waals surface area contributed by atoms with Crippen molar-refractivity contribution in [3.63, 3.8) is 0 Å². The van der Waals surface area contributed by atoms with E-state index >= 15 is 0 Å². The molecule has 2 aliphatic rings. The monoisotopic (exact) mass is 338 g/mol. The summed E-state index contributed by atoms with van der Waals surface area (Å²) < 4.78 is 7.53. The zero-order valence-electron chi connectivity index (χ0n) is 14.6. The van der Waals surface area contributed by atoms with Crippen LogP contribution >= 0.6 is 0 Å². The van der Waals surface area contributed by atoms with E-state index in [-0.39, 0.29) is 12.5 Å². The molecule has 2 aromatic rings. The second kappa shape index (κ2) is 6.06. The number of nitrogens with zero attached hydrogens (tertiary/aromatic N) is 2. The quantitative estimate of drug-likeness (QED) is 0.805. The molecule has 2 heterocycles. The predicted molar refractivity (Wildman–Crippen MR) is 95.0 cm³/mol. The first-order valence-corrected chi connectivity index (χ1v) is 8.80. The Hall–Kier alpha value is -2.56. The Bertz CT molecular complexity index is 849. The van der Waals surface area contributed by atoms with Gasteiger partial charge in [0.05, 0.1) is 5.56 Å². The maximum absolute atomic E-state index is 12.5. The van der Waals surface area contributed by atoms with E-state index in [1.165, 1.54) is 0 Å². The average molecular weight is 338 g/mol. The maximum atomic E-state index is 12.5. The fourth-order valence-corrected chi connectivity index (χ4v) is 3.76. The summed E-state index contributed by atoms with van der Waals surface area (Å²) in [6.45, 7) is 4.38. The lowest BCUT2D eigenvalue weighted by Gasteiger charge is -2.17. The molecular weight excluding hydrogens is 316 g/mol. The van der Waals surface area contributed by atoms with Crippen molar-refractivity contribution in [2.75, 3.05) is 18.1 Å². The minimum Gasteiger partial charge on any atom is -0.452 e. The second-order valence-corrected chi connectivity index (χ2v) is 6.89. The first kappa shape index (κ1) is 15.9. The van der Waals surface area contributed by atoms with Gasteiger partial charge in [0.15, 0.2) is 6.61 Å². The van der Waals surface area contributed by atoms with Gasteiger partial charge in [-0.25, -0.2) is 4.79 Å². The molecule has 1 saturated carbocycles. The van der Waals surface area contributed by atoms with Gasteiger partial charge in [0, 0.05) is 29.7 Å². The van der Waals surface area contributed by atoms with Crippen molar-refractivity contribution in [2.24, 2.45) is 0 Å². The number of hydrogen-bond donors (Lipinski definition) is 0. The zero-order chi connectivity index (χ0) is 17.6. The van der Waals surface area contributed by atoms with E-state index in [9.17, 15) is 9.59 Å². The molecule has 0 spiro atoms. The van der Waals surface area contributed by atoms with Gasteiger partial charge in [-0.2, -0.15) is 0 Å². The van der Waals surface area contributed by atoms with Gasteiger partial charge in [0.2, 0.25) is 0 Å². The van der Waals surface area contributed by atoms with Gasteiger partial charge >= 0.3 is 5.97 Å². The highest BCUT2D eigenvalue weighted by molar-refractivity contribution is 5.98. The number of amides is 1. The molecular formula is C20H22N2O3. The number of aryl methyl sites for hydroxylation is 1. The number of esters is 1. The van der Waals surface area contributed by atoms with Crippen molar-refractivity contribution in [3.8, 4) is 0 Å². The van der Waals surface area contributed by atoms with Crippen LogP contribution in [-0.4, -0.2) is 29.6 Å². The van der Waals surface area contributed by atoms with E-state index in [1.54, 1.807) is 4.90 Å². The largest absolute Gasteiger partial charge is 0.452 e. The van der Waals surface area contributed by atoms with Crippen molar-refractivity contribution in [1.82, 2.24) is 4.57 Å². The molecule has 1 aliphatic heterocycles. The van der Waals surface area contributed by atoms with E-state index in [1.807, 2.05) is 44.2 Å². The van der Waals surface area contributed by atoms with Gasteiger partial charge in [-0.05, 0) is 50.8 Å². The minimum absolute atomic E-state index is 0.172. The number of fused-ring (bicyclic) bond motifs is 1. The Balaban J connectivity index is 1.43. The third kappa shape index (κ3) is 2.84. The number of carbonyl (C=O) groups excluding carboxylic acids is 2. The average Bonchev–Trinajstić information content (AvgIpc) is 3.26. The summed E-state index contributed by atoms with van der Waals surface area (Å²) in [4.78, 5) is 26.6. The number of aromatic nitrogens is 1. The molecule has 1 aromatic carbocycles. The molecule has 4 rings (SSSR count). The summed E-state index contributed by atoms with van der Waals surface area (Å²) in [6.07, 6.45) is 3.17. The lowest BCUT2D eigenvalue weighted by molar-refractivity contribution is -0.121. The van der Waals surface area contributed by atoms with Crippen LogP contribution in [0.5, 0.6) is 0 Å². The molecule has 0 saturated heterocycles. The van der Waals surface area contributed by atoms with E-state index in [4.69, 9.17) is 4.74 Å². The summed E-state index contributed by atoms with van der Waals surface area (Å²) in [6, 6.07) is 10.2. The first-order chi connectivity index (χ1) is 12.1. The Morgan fingerprint density at radius 3 is 2.72 bits per heavy atom. The number of carbonyl (C=O) groups is 2. The molecule has 5 heteroatoms. The molecule has 130 valence electrons. The Kier molecular flexibility index (Phi) is 3.86. The summed E-state index contributed by atoms with van der Waals surface area (Å²) in [5.74, 6) is -0.588. The molecule has 0 N–H and O–H groups in total. The van der Waals surface area contributed by atoms with Crippen LogP contribution in [0.2, 0.25) is 0 Å². The van der Waals surface area contributed by atoms with E-state index in [0.717, 1.165) is 41.9 Å². The molecule has 1 aromatic heterocycles. The van der Waals surface area contributed by atoms with Crippen LogP contribution in [0.4, 0.5) is 5.69 Å². The van der Waals surface area contributed by atoms with Crippen molar-refractivity contribution >= 4 is 17.6 Å². The second-order valence-electron chi connectivity index (χ2n) is 6.89. The highest BCUT2D eigenvalue weighted by atomic mass is 16.5. The highest BCUT2D eigenvalue weighted by Crippen LogP contribution is 2.38. The van der Waals surface area contributed by atoms with Crippen LogP contribution < -0.4 is 4.90 Å². The van der Waals surface area contributed by atoms with Crippen molar-refractivity contribution in [2.45, 2.75) is 39.2 Å². The van der Waals surface area contributed by atoms with Crippen LogP contribution in [0.1, 0.15) is 46.2 Å². The standard InChI is InChI=1S/C20H22N2O3/c1-13-11-17(14(2)22(13)16-7-8-16)20(24)25-12-19(23)21-10-9-15-5-3-4-6-18(15)21/h3-6,11,16H,7-10,12H2,1-2H3. The first-order valence-electron chi connectivity index (χ1n) is 8.80. The van der Waals surface area contributed by atoms with Gasteiger partial charge < -0.3 is 14.2 Å². The number of rotatable bonds is 4. The maximum Gasteiger partial charge on any atom is 0.340 e. The summed E-state index contributed by atoms with van der Waals surface area (Å²) in [7, 11) is 0. The number of hydrogen-bond acceptors (Lipinski definition) is 3. The third-order valence-corrected chi connectivity index (χ3v) is 5.13. The van der Waals surface area contributed by atoms with Crippen LogP contribution in [-0.2, 0) is 16.0 Å². The number of anilines is 1. The molecule has 0 unspecified atom stereocenters. The Labute approximate surface area is 147 Å². The predicted octanol–water partition coefficient (Wildman–Crippen LogP) is 3.19. The molecule has 1 aliphatic carbocycles. The lowest BCUT2D eigenvalue weighted by atomic mass is 10.2. The van der Waals surface area contributed by atoms with Gasteiger partial charge in [-0.1, -0.05) is 18.2 Å². The number of para-hydroxylation sites is 1.